The number of esters is 1. The highest BCUT2D eigenvalue weighted by atomic mass is 16.6. The first-order valence-electron chi connectivity index (χ1n) is 12.9. The molecule has 2 aromatic carbocycles. The Morgan fingerprint density at radius 2 is 1.53 bits per heavy atom. The monoisotopic (exact) mass is 498 g/mol. The molecular formula is C32H26N4O2. The van der Waals surface area contributed by atoms with Gasteiger partial charge in [-0.15, -0.1) is 0 Å². The number of carbonyl (C=O) groups excluding carboxylic acids is 1. The van der Waals surface area contributed by atoms with Crippen molar-refractivity contribution in [3.63, 3.8) is 0 Å². The van der Waals surface area contributed by atoms with Gasteiger partial charge in [0.2, 0.25) is 5.60 Å². The van der Waals surface area contributed by atoms with Crippen LogP contribution in [-0.2, 0) is 16.9 Å². The standard InChI is InChI=1S/C32H26N4O2/c1-4-35-21(3)27(23-14-8-9-15-24(23)35)32(30-29(31(37)38-32)33-17-18-34-30)28-25-16-10-11-19-36(25)20(2)26(28)22-12-6-5-7-13-22/h5-19H,4H2,1-3H3. The van der Waals surface area contributed by atoms with Gasteiger partial charge in [-0.1, -0.05) is 54.6 Å². The first-order valence-corrected chi connectivity index (χ1v) is 12.9. The van der Waals surface area contributed by atoms with Crippen molar-refractivity contribution in [3.05, 3.63) is 125 Å². The summed E-state index contributed by atoms with van der Waals surface area (Å²) in [5.41, 5.74) is 7.54. The van der Waals surface area contributed by atoms with Gasteiger partial charge in [0.1, 0.15) is 5.69 Å². The van der Waals surface area contributed by atoms with Gasteiger partial charge in [0, 0.05) is 64.1 Å². The number of fused-ring (bicyclic) bond motifs is 3. The number of carbonyl (C=O) groups is 1. The molecule has 0 saturated heterocycles. The fourth-order valence-electron chi connectivity index (χ4n) is 6.41. The number of pyridine rings is 1. The summed E-state index contributed by atoms with van der Waals surface area (Å²) in [4.78, 5) is 22.9. The SMILES string of the molecule is CCn1c(C)c(C2(c3c(-c4ccccc4)c(C)n4ccccc34)OC(=O)c3nccnc32)c2ccccc21. The molecule has 0 amide bonds. The maximum absolute atomic E-state index is 13.6. The van der Waals surface area contributed by atoms with Crippen LogP contribution in [0.3, 0.4) is 0 Å². The lowest BCUT2D eigenvalue weighted by Gasteiger charge is -2.30. The highest BCUT2D eigenvalue weighted by Gasteiger charge is 2.55. The molecule has 38 heavy (non-hydrogen) atoms. The lowest BCUT2D eigenvalue weighted by Crippen LogP contribution is -2.32. The predicted octanol–water partition coefficient (Wildman–Crippen LogP) is 6.45. The van der Waals surface area contributed by atoms with Crippen LogP contribution in [0.4, 0.5) is 0 Å². The highest BCUT2D eigenvalue weighted by molar-refractivity contribution is 5.99. The molecule has 0 N–H and O–H groups in total. The minimum Gasteiger partial charge on any atom is -0.437 e. The van der Waals surface area contributed by atoms with Gasteiger partial charge < -0.3 is 13.7 Å². The molecule has 0 radical (unpaired) electrons. The Morgan fingerprint density at radius 1 is 0.816 bits per heavy atom. The number of benzene rings is 2. The van der Waals surface area contributed by atoms with Crippen LogP contribution in [0.5, 0.6) is 0 Å². The molecule has 186 valence electrons. The topological polar surface area (TPSA) is 61.4 Å². The van der Waals surface area contributed by atoms with Crippen molar-refractivity contribution in [1.82, 2.24) is 18.9 Å². The van der Waals surface area contributed by atoms with Gasteiger partial charge in [-0.25, -0.2) is 9.78 Å². The molecule has 6 heteroatoms. The normalized spacial score (nSPS) is 16.8. The van der Waals surface area contributed by atoms with Crippen molar-refractivity contribution in [1.29, 1.82) is 0 Å². The molecule has 7 rings (SSSR count). The molecule has 0 spiro atoms. The van der Waals surface area contributed by atoms with Crippen molar-refractivity contribution in [3.8, 4) is 11.1 Å². The van der Waals surface area contributed by atoms with E-state index in [9.17, 15) is 4.79 Å². The highest BCUT2D eigenvalue weighted by Crippen LogP contribution is 2.54. The third-order valence-electron chi connectivity index (χ3n) is 7.87. The van der Waals surface area contributed by atoms with E-state index in [0.717, 1.165) is 56.6 Å². The van der Waals surface area contributed by atoms with Gasteiger partial charge in [-0.3, -0.25) is 4.98 Å². The lowest BCUT2D eigenvalue weighted by atomic mass is 9.79. The molecule has 4 aromatic heterocycles. The molecule has 5 heterocycles. The van der Waals surface area contributed by atoms with E-state index in [0.29, 0.717) is 5.69 Å². The molecule has 6 nitrogen and oxygen atoms in total. The van der Waals surface area contributed by atoms with E-state index in [1.165, 1.54) is 0 Å². The van der Waals surface area contributed by atoms with Gasteiger partial charge in [-0.2, -0.15) is 0 Å². The maximum atomic E-state index is 13.6. The second-order valence-corrected chi connectivity index (χ2v) is 9.70. The van der Waals surface area contributed by atoms with Crippen LogP contribution in [0.1, 0.15) is 45.6 Å². The molecule has 1 unspecified atom stereocenters. The van der Waals surface area contributed by atoms with E-state index in [2.05, 4.69) is 71.3 Å². The van der Waals surface area contributed by atoms with E-state index < -0.39 is 11.6 Å². The van der Waals surface area contributed by atoms with Crippen LogP contribution < -0.4 is 0 Å². The van der Waals surface area contributed by atoms with Gasteiger partial charge in [0.25, 0.3) is 0 Å². The van der Waals surface area contributed by atoms with E-state index >= 15 is 0 Å². The smallest absolute Gasteiger partial charge is 0.360 e. The number of aryl methyl sites for hydroxylation is 2. The van der Waals surface area contributed by atoms with Crippen LogP contribution in [0.15, 0.2) is 91.4 Å². The van der Waals surface area contributed by atoms with Crippen molar-refractivity contribution in [2.24, 2.45) is 0 Å². The van der Waals surface area contributed by atoms with Crippen LogP contribution in [0.25, 0.3) is 27.5 Å². The van der Waals surface area contributed by atoms with Crippen LogP contribution in [0.2, 0.25) is 0 Å². The number of hydrogen-bond acceptors (Lipinski definition) is 4. The molecule has 1 atom stereocenters. The number of para-hydroxylation sites is 1. The second-order valence-electron chi connectivity index (χ2n) is 9.70. The number of cyclic esters (lactones) is 1. The number of rotatable bonds is 4. The third-order valence-corrected chi connectivity index (χ3v) is 7.87. The van der Waals surface area contributed by atoms with Crippen LogP contribution >= 0.6 is 0 Å². The summed E-state index contributed by atoms with van der Waals surface area (Å²) in [5.74, 6) is -0.465. The Labute approximate surface area is 220 Å². The number of hydrogen-bond donors (Lipinski definition) is 0. The predicted molar refractivity (Wildman–Crippen MR) is 147 cm³/mol. The summed E-state index contributed by atoms with van der Waals surface area (Å²) in [6.07, 6.45) is 5.27. The van der Waals surface area contributed by atoms with E-state index in [1.807, 2.05) is 42.5 Å². The van der Waals surface area contributed by atoms with E-state index in [4.69, 9.17) is 9.72 Å². The average molecular weight is 499 g/mol. The zero-order chi connectivity index (χ0) is 26.0. The number of nitrogens with zero attached hydrogens (tertiary/aromatic N) is 4. The Bertz CT molecular complexity index is 1880. The van der Waals surface area contributed by atoms with Crippen LogP contribution in [0, 0.1) is 13.8 Å². The van der Waals surface area contributed by atoms with Crippen molar-refractivity contribution < 1.29 is 9.53 Å². The molecule has 0 bridgehead atoms. The summed E-state index contributed by atoms with van der Waals surface area (Å²) < 4.78 is 11.1. The summed E-state index contributed by atoms with van der Waals surface area (Å²) in [5, 5.41) is 1.03. The minimum absolute atomic E-state index is 0.257. The van der Waals surface area contributed by atoms with Gasteiger partial charge in [-0.05, 0) is 44.5 Å². The average Bonchev–Trinajstić information content (AvgIpc) is 3.54. The van der Waals surface area contributed by atoms with E-state index in [1.54, 1.807) is 12.4 Å². The Kier molecular flexibility index (Phi) is 4.82. The quantitative estimate of drug-likeness (QED) is 0.262. The molecule has 0 saturated carbocycles. The number of ether oxygens (including phenoxy) is 1. The summed E-state index contributed by atoms with van der Waals surface area (Å²) in [6.45, 7) is 7.14. The zero-order valence-corrected chi connectivity index (χ0v) is 21.5. The number of aromatic nitrogens is 4. The third kappa shape index (κ3) is 2.80. The largest absolute Gasteiger partial charge is 0.437 e. The molecule has 0 fully saturated rings. The zero-order valence-electron chi connectivity index (χ0n) is 21.5. The van der Waals surface area contributed by atoms with Gasteiger partial charge in [0.15, 0.2) is 5.69 Å². The Morgan fingerprint density at radius 3 is 2.34 bits per heavy atom. The van der Waals surface area contributed by atoms with E-state index in [-0.39, 0.29) is 5.69 Å². The Hall–Kier alpha value is -4.71. The molecular weight excluding hydrogens is 472 g/mol. The fraction of sp³-hybridized carbons (Fsp3) is 0.156. The van der Waals surface area contributed by atoms with Gasteiger partial charge in [0.05, 0.1) is 5.52 Å². The fourth-order valence-corrected chi connectivity index (χ4v) is 6.41. The molecule has 1 aliphatic heterocycles. The molecule has 0 aliphatic carbocycles. The minimum atomic E-state index is -1.29. The second kappa shape index (κ2) is 8.15. The summed E-state index contributed by atoms with van der Waals surface area (Å²) in [6, 6.07) is 24.8. The van der Waals surface area contributed by atoms with Crippen molar-refractivity contribution in [2.75, 3.05) is 0 Å². The molecule has 1 aliphatic rings. The summed E-state index contributed by atoms with van der Waals surface area (Å²) in [7, 11) is 0. The lowest BCUT2D eigenvalue weighted by molar-refractivity contribution is 0.0249. The first kappa shape index (κ1) is 22.5. The van der Waals surface area contributed by atoms with Crippen molar-refractivity contribution in [2.45, 2.75) is 32.9 Å². The van der Waals surface area contributed by atoms with Gasteiger partial charge >= 0.3 is 5.97 Å². The molecule has 6 aromatic rings. The van der Waals surface area contributed by atoms with Crippen LogP contribution in [-0.4, -0.2) is 24.9 Å². The first-order chi connectivity index (χ1) is 18.6. The summed E-state index contributed by atoms with van der Waals surface area (Å²) >= 11 is 0. The maximum Gasteiger partial charge on any atom is 0.360 e. The van der Waals surface area contributed by atoms with Crippen molar-refractivity contribution >= 4 is 22.4 Å². The Balaban J connectivity index is 1.74.